The lowest BCUT2D eigenvalue weighted by atomic mass is 10.1. The third-order valence-electron chi connectivity index (χ3n) is 4.62. The zero-order valence-corrected chi connectivity index (χ0v) is 16.9. The van der Waals surface area contributed by atoms with Crippen molar-refractivity contribution in [1.82, 2.24) is 14.8 Å². The summed E-state index contributed by atoms with van der Waals surface area (Å²) in [6, 6.07) is 6.88. The number of carbonyl (C=O) groups is 2. The van der Waals surface area contributed by atoms with Crippen molar-refractivity contribution in [2.24, 2.45) is 0 Å². The number of ether oxygens (including phenoxy) is 1. The van der Waals surface area contributed by atoms with Crippen LogP contribution < -0.4 is 4.74 Å². The van der Waals surface area contributed by atoms with Gasteiger partial charge in [-0.25, -0.2) is 9.37 Å². The Balaban J connectivity index is 1.54. The van der Waals surface area contributed by atoms with Crippen molar-refractivity contribution in [3.8, 4) is 5.88 Å². The van der Waals surface area contributed by atoms with Gasteiger partial charge in [0.1, 0.15) is 10.8 Å². The topological polar surface area (TPSA) is 62.7 Å². The molecule has 0 unspecified atom stereocenters. The molecule has 1 aromatic carbocycles. The molecule has 0 atom stereocenters. The van der Waals surface area contributed by atoms with E-state index in [9.17, 15) is 27.2 Å². The number of benzene rings is 1. The van der Waals surface area contributed by atoms with Crippen LogP contribution >= 0.6 is 11.6 Å². The zero-order chi connectivity index (χ0) is 22.6. The fourth-order valence-corrected chi connectivity index (χ4v) is 3.25. The van der Waals surface area contributed by atoms with E-state index in [0.717, 1.165) is 6.20 Å². The Bertz CT molecular complexity index is 946. The van der Waals surface area contributed by atoms with Crippen LogP contribution in [0, 0.1) is 5.82 Å². The van der Waals surface area contributed by atoms with E-state index in [1.165, 1.54) is 23.1 Å². The molecule has 0 spiro atoms. The Kier molecular flexibility index (Phi) is 6.99. The second kappa shape index (κ2) is 9.51. The largest absolute Gasteiger partial charge is 0.467 e. The molecule has 2 aromatic rings. The Hall–Kier alpha value is -2.88. The third-order valence-corrected chi connectivity index (χ3v) is 4.89. The van der Waals surface area contributed by atoms with E-state index in [4.69, 9.17) is 11.6 Å². The van der Waals surface area contributed by atoms with E-state index < -0.39 is 24.6 Å². The van der Waals surface area contributed by atoms with Crippen LogP contribution in [0.3, 0.4) is 0 Å². The summed E-state index contributed by atoms with van der Waals surface area (Å²) in [6.45, 7) is -0.351. The monoisotopic (exact) mass is 459 g/mol. The van der Waals surface area contributed by atoms with Crippen molar-refractivity contribution >= 4 is 23.4 Å². The van der Waals surface area contributed by atoms with Crippen LogP contribution in [0.4, 0.5) is 17.6 Å². The van der Waals surface area contributed by atoms with Crippen LogP contribution in [0.2, 0.25) is 5.02 Å². The lowest BCUT2D eigenvalue weighted by Gasteiger charge is -2.35. The first kappa shape index (κ1) is 22.8. The van der Waals surface area contributed by atoms with Gasteiger partial charge in [-0.1, -0.05) is 23.7 Å². The molecule has 2 heterocycles. The second-order valence-electron chi connectivity index (χ2n) is 6.89. The third kappa shape index (κ3) is 6.30. The second-order valence-corrected chi connectivity index (χ2v) is 7.30. The Morgan fingerprint density at radius 3 is 2.26 bits per heavy atom. The first-order chi connectivity index (χ1) is 14.6. The predicted octanol–water partition coefficient (Wildman–Crippen LogP) is 3.34. The molecule has 0 aliphatic carbocycles. The first-order valence-electron chi connectivity index (χ1n) is 9.29. The van der Waals surface area contributed by atoms with Gasteiger partial charge in [0, 0.05) is 32.4 Å². The van der Waals surface area contributed by atoms with E-state index >= 15 is 0 Å². The summed E-state index contributed by atoms with van der Waals surface area (Å²) in [6.07, 6.45) is -3.30. The molecule has 1 aromatic heterocycles. The van der Waals surface area contributed by atoms with Gasteiger partial charge in [-0.3, -0.25) is 9.59 Å². The quantitative estimate of drug-likeness (QED) is 0.643. The number of alkyl halides is 3. The summed E-state index contributed by atoms with van der Waals surface area (Å²) < 4.78 is 54.2. The molecule has 31 heavy (non-hydrogen) atoms. The lowest BCUT2D eigenvalue weighted by Crippen LogP contribution is -2.51. The summed E-state index contributed by atoms with van der Waals surface area (Å²) >= 11 is 5.89. The highest BCUT2D eigenvalue weighted by Gasteiger charge is 2.30. The molecule has 6 nitrogen and oxygen atoms in total. The van der Waals surface area contributed by atoms with Gasteiger partial charge < -0.3 is 14.5 Å². The molecule has 1 fully saturated rings. The molecule has 3 rings (SSSR count). The maximum Gasteiger partial charge on any atom is 0.422 e. The molecule has 1 aliphatic rings. The normalized spacial score (nSPS) is 14.5. The number of nitrogens with zero attached hydrogens (tertiary/aromatic N) is 3. The molecule has 1 aliphatic heterocycles. The highest BCUT2D eigenvalue weighted by atomic mass is 35.5. The maximum absolute atomic E-state index is 13.0. The van der Waals surface area contributed by atoms with Crippen molar-refractivity contribution in [3.05, 3.63) is 58.5 Å². The van der Waals surface area contributed by atoms with E-state index in [0.29, 0.717) is 18.7 Å². The number of halogens is 5. The van der Waals surface area contributed by atoms with Crippen molar-refractivity contribution < 1.29 is 31.9 Å². The lowest BCUT2D eigenvalue weighted by molar-refractivity contribution is -0.154. The average Bonchev–Trinajstić information content (AvgIpc) is 2.73. The fraction of sp³-hybridized carbons (Fsp3) is 0.350. The van der Waals surface area contributed by atoms with Gasteiger partial charge >= 0.3 is 6.18 Å². The highest BCUT2D eigenvalue weighted by molar-refractivity contribution is 6.32. The van der Waals surface area contributed by atoms with Crippen molar-refractivity contribution in [1.29, 1.82) is 0 Å². The Morgan fingerprint density at radius 1 is 1.06 bits per heavy atom. The molecular weight excluding hydrogens is 442 g/mol. The van der Waals surface area contributed by atoms with Crippen LogP contribution in [-0.2, 0) is 11.2 Å². The molecular formula is C20H18ClF4N3O3. The van der Waals surface area contributed by atoms with Gasteiger partial charge in [-0.2, -0.15) is 13.2 Å². The number of hydrogen-bond donors (Lipinski definition) is 0. The van der Waals surface area contributed by atoms with Gasteiger partial charge in [0.15, 0.2) is 6.61 Å². The van der Waals surface area contributed by atoms with Crippen LogP contribution in [-0.4, -0.2) is 65.6 Å². The van der Waals surface area contributed by atoms with Gasteiger partial charge in [0.25, 0.3) is 5.91 Å². The summed E-state index contributed by atoms with van der Waals surface area (Å²) in [5.41, 5.74) is 0.800. The van der Waals surface area contributed by atoms with Crippen molar-refractivity contribution in [3.63, 3.8) is 0 Å². The van der Waals surface area contributed by atoms with E-state index in [1.807, 2.05) is 0 Å². The molecule has 166 valence electrons. The predicted molar refractivity (Wildman–Crippen MR) is 103 cm³/mol. The molecule has 11 heteroatoms. The van der Waals surface area contributed by atoms with Gasteiger partial charge in [-0.05, 0) is 23.8 Å². The summed E-state index contributed by atoms with van der Waals surface area (Å²) in [4.78, 5) is 31.9. The fourth-order valence-electron chi connectivity index (χ4n) is 3.03. The molecule has 0 saturated carbocycles. The molecule has 2 amide bonds. The van der Waals surface area contributed by atoms with E-state index in [2.05, 4.69) is 9.72 Å². The van der Waals surface area contributed by atoms with Crippen LogP contribution in [0.25, 0.3) is 0 Å². The van der Waals surface area contributed by atoms with Gasteiger partial charge in [0.2, 0.25) is 11.8 Å². The molecule has 1 saturated heterocycles. The van der Waals surface area contributed by atoms with Crippen LogP contribution in [0.5, 0.6) is 5.88 Å². The van der Waals surface area contributed by atoms with Crippen LogP contribution in [0.15, 0.2) is 36.5 Å². The minimum atomic E-state index is -4.53. The summed E-state index contributed by atoms with van der Waals surface area (Å²) in [5, 5.41) is -0.205. The maximum atomic E-state index is 13.0. The molecule has 0 N–H and O–H groups in total. The number of piperazine rings is 1. The molecule has 0 bridgehead atoms. The minimum Gasteiger partial charge on any atom is -0.467 e. The number of pyridine rings is 1. The number of carbonyl (C=O) groups excluding carboxylic acids is 2. The zero-order valence-electron chi connectivity index (χ0n) is 16.2. The number of rotatable bonds is 5. The van der Waals surface area contributed by atoms with E-state index in [-0.39, 0.29) is 41.8 Å². The van der Waals surface area contributed by atoms with E-state index in [1.54, 1.807) is 17.0 Å². The number of amides is 2. The van der Waals surface area contributed by atoms with Gasteiger partial charge in [-0.15, -0.1) is 0 Å². The molecule has 0 radical (unpaired) electrons. The van der Waals surface area contributed by atoms with Crippen LogP contribution in [0.1, 0.15) is 15.9 Å². The Morgan fingerprint density at radius 2 is 1.68 bits per heavy atom. The minimum absolute atomic E-state index is 0.107. The van der Waals surface area contributed by atoms with Crippen molar-refractivity contribution in [2.75, 3.05) is 32.8 Å². The SMILES string of the molecule is O=C(Cc1ccc(F)cc1)N1CCN(C(=O)c2cnc(OCC(F)(F)F)c(Cl)c2)CC1. The Labute approximate surface area is 180 Å². The standard InChI is InChI=1S/C20H18ClF4N3O3/c21-16-10-14(11-26-18(16)31-12-20(23,24)25)19(30)28-7-5-27(6-8-28)17(29)9-13-1-3-15(22)4-2-13/h1-4,10-11H,5-9,12H2. The van der Waals surface area contributed by atoms with Gasteiger partial charge in [0.05, 0.1) is 12.0 Å². The number of aromatic nitrogens is 1. The van der Waals surface area contributed by atoms with Crippen molar-refractivity contribution in [2.45, 2.75) is 12.6 Å². The highest BCUT2D eigenvalue weighted by Crippen LogP contribution is 2.25. The number of hydrogen-bond acceptors (Lipinski definition) is 4. The smallest absolute Gasteiger partial charge is 0.422 e. The average molecular weight is 460 g/mol. The first-order valence-corrected chi connectivity index (χ1v) is 9.67. The summed E-state index contributed by atoms with van der Waals surface area (Å²) in [5.74, 6) is -1.32. The summed E-state index contributed by atoms with van der Waals surface area (Å²) in [7, 11) is 0.